The van der Waals surface area contributed by atoms with E-state index in [4.69, 9.17) is 4.18 Å². The number of amides is 1. The molecule has 7 heteroatoms. The molecule has 1 aliphatic heterocycles. The van der Waals surface area contributed by atoms with E-state index in [0.29, 0.717) is 6.42 Å². The molecule has 0 aromatic heterocycles. The predicted octanol–water partition coefficient (Wildman–Crippen LogP) is 2.05. The lowest BCUT2D eigenvalue weighted by Gasteiger charge is -2.46. The number of carbonyl (C=O) groups is 1. The van der Waals surface area contributed by atoms with E-state index < -0.39 is 27.9 Å². The number of likely N-dealkylation sites (tertiary alicyclic amines) is 1. The molecule has 1 rings (SSSR count). The van der Waals surface area contributed by atoms with Gasteiger partial charge in [-0.05, 0) is 20.8 Å². The van der Waals surface area contributed by atoms with Gasteiger partial charge in [-0.2, -0.15) is 13.2 Å². The fourth-order valence-corrected chi connectivity index (χ4v) is 3.99. The smallest absolute Gasteiger partial charge is 0.435 e. The summed E-state index contributed by atoms with van der Waals surface area (Å²) in [5.74, 6) is 0.124. The van der Waals surface area contributed by atoms with Crippen LogP contribution in [-0.2, 0) is 14.3 Å². The molecule has 0 aromatic carbocycles. The summed E-state index contributed by atoms with van der Waals surface area (Å²) in [6.07, 6.45) is -0.0557. The van der Waals surface area contributed by atoms with Crippen LogP contribution in [0, 0.1) is 5.92 Å². The quantitative estimate of drug-likeness (QED) is 0.637. The maximum Gasteiger partial charge on any atom is 0.514 e. The Morgan fingerprint density at radius 2 is 1.85 bits per heavy atom. The van der Waals surface area contributed by atoms with Crippen molar-refractivity contribution in [3.63, 3.8) is 0 Å². The van der Waals surface area contributed by atoms with Crippen LogP contribution >= 0.6 is 0 Å². The van der Waals surface area contributed by atoms with Gasteiger partial charge in [-0.3, -0.25) is 4.18 Å². The van der Waals surface area contributed by atoms with Crippen LogP contribution < -0.4 is 0 Å². The molecule has 20 heavy (non-hydrogen) atoms. The second kappa shape index (κ2) is 5.27. The molecule has 1 unspecified atom stereocenters. The van der Waals surface area contributed by atoms with Gasteiger partial charge in [0.1, 0.15) is 24.2 Å². The van der Waals surface area contributed by atoms with Gasteiger partial charge in [0.15, 0.2) is 0 Å². The summed E-state index contributed by atoms with van der Waals surface area (Å²) in [4.78, 5) is 12.0. The Morgan fingerprint density at radius 1 is 1.35 bits per heavy atom. The van der Waals surface area contributed by atoms with Gasteiger partial charge in [-0.1, -0.05) is 13.8 Å². The summed E-state index contributed by atoms with van der Waals surface area (Å²) >= 11 is 0. The van der Waals surface area contributed by atoms with Gasteiger partial charge >= 0.3 is 6.09 Å². The zero-order chi connectivity index (χ0) is 15.9. The highest BCUT2D eigenvalue weighted by atomic mass is 32.2. The van der Waals surface area contributed by atoms with Crippen molar-refractivity contribution < 1.29 is 27.0 Å². The molecule has 0 aliphatic carbocycles. The topological polar surface area (TPSA) is 80.7 Å². The van der Waals surface area contributed by atoms with Gasteiger partial charge in [0.2, 0.25) is 0 Å². The van der Waals surface area contributed by atoms with E-state index in [2.05, 4.69) is 0 Å². The predicted molar refractivity (Wildman–Crippen MR) is 75.9 cm³/mol. The van der Waals surface area contributed by atoms with Crippen LogP contribution in [-0.4, -0.2) is 54.6 Å². The average Bonchev–Trinajstić information content (AvgIpc) is 2.54. The maximum absolute atomic E-state index is 12.0. The lowest BCUT2D eigenvalue weighted by molar-refractivity contribution is -0.918. The molecule has 0 bridgehead atoms. The number of quaternary nitrogens is 1. The van der Waals surface area contributed by atoms with E-state index in [1.807, 2.05) is 34.6 Å². The largest absolute Gasteiger partial charge is 0.514 e. The van der Waals surface area contributed by atoms with Gasteiger partial charge < -0.3 is 5.11 Å². The van der Waals surface area contributed by atoms with Crippen molar-refractivity contribution >= 4 is 16.2 Å². The molecular formula is C13H26NO5S+. The second-order valence-electron chi connectivity index (χ2n) is 6.97. The second-order valence-corrected chi connectivity index (χ2v) is 8.57. The zero-order valence-corrected chi connectivity index (χ0v) is 13.9. The van der Waals surface area contributed by atoms with Crippen molar-refractivity contribution in [2.45, 2.75) is 58.7 Å². The molecule has 1 heterocycles. The summed E-state index contributed by atoms with van der Waals surface area (Å²) in [5.41, 5.74) is -0.531. The number of hydrogen-bond donors (Lipinski definition) is 1. The average molecular weight is 308 g/mol. The summed E-state index contributed by atoms with van der Waals surface area (Å²) < 4.78 is 27.5. The van der Waals surface area contributed by atoms with Crippen molar-refractivity contribution in [2.75, 3.05) is 12.8 Å². The normalized spacial score (nSPS) is 31.8. The summed E-state index contributed by atoms with van der Waals surface area (Å²) in [5, 5.41) is 9.80. The first-order valence-electron chi connectivity index (χ1n) is 6.81. The number of rotatable bonds is 3. The Bertz CT molecular complexity index is 479. The minimum Gasteiger partial charge on any atom is -0.435 e. The molecule has 0 saturated carbocycles. The van der Waals surface area contributed by atoms with Crippen molar-refractivity contribution in [2.24, 2.45) is 5.92 Å². The molecule has 6 nitrogen and oxygen atoms in total. The highest BCUT2D eigenvalue weighted by Gasteiger charge is 2.61. The third-order valence-electron chi connectivity index (χ3n) is 4.18. The summed E-state index contributed by atoms with van der Waals surface area (Å²) in [6.45, 7) is 9.73. The number of carboxylic acid groups (broad SMARTS) is 1. The van der Waals surface area contributed by atoms with Crippen LogP contribution in [0.4, 0.5) is 4.79 Å². The molecule has 0 aromatic rings. The van der Waals surface area contributed by atoms with Gasteiger partial charge in [0, 0.05) is 12.3 Å². The number of hydrogen-bond acceptors (Lipinski definition) is 4. The van der Waals surface area contributed by atoms with Gasteiger partial charge in [-0.15, -0.1) is 0 Å². The minimum atomic E-state index is -3.58. The molecular weight excluding hydrogens is 282 g/mol. The molecule has 0 radical (unpaired) electrons. The summed E-state index contributed by atoms with van der Waals surface area (Å²) in [7, 11) is -3.58. The molecule has 1 amide bonds. The van der Waals surface area contributed by atoms with Crippen molar-refractivity contribution in [1.29, 1.82) is 0 Å². The first-order chi connectivity index (χ1) is 8.81. The van der Waals surface area contributed by atoms with E-state index in [9.17, 15) is 18.3 Å². The van der Waals surface area contributed by atoms with Crippen LogP contribution in [0.5, 0.6) is 0 Å². The van der Waals surface area contributed by atoms with E-state index in [1.54, 1.807) is 0 Å². The first-order valence-corrected chi connectivity index (χ1v) is 8.62. The highest BCUT2D eigenvalue weighted by molar-refractivity contribution is 7.86. The van der Waals surface area contributed by atoms with Crippen LogP contribution in [0.1, 0.15) is 41.0 Å². The van der Waals surface area contributed by atoms with Crippen molar-refractivity contribution in [3.8, 4) is 0 Å². The Hall–Kier alpha value is -0.660. The van der Waals surface area contributed by atoms with Crippen LogP contribution in [0.3, 0.4) is 0 Å². The molecule has 0 spiro atoms. The maximum atomic E-state index is 12.0. The first kappa shape index (κ1) is 17.4. The number of nitrogens with zero attached hydrogens (tertiary/aromatic N) is 1. The van der Waals surface area contributed by atoms with E-state index in [1.165, 1.54) is 0 Å². The molecule has 3 atom stereocenters. The monoisotopic (exact) mass is 308 g/mol. The van der Waals surface area contributed by atoms with Gasteiger partial charge in [-0.25, -0.2) is 4.48 Å². The van der Waals surface area contributed by atoms with Gasteiger partial charge in [0.25, 0.3) is 10.1 Å². The van der Waals surface area contributed by atoms with E-state index in [-0.39, 0.29) is 23.0 Å². The standard InChI is InChI=1S/C13H25NO5S/c1-9(2)11-7-10(19-20(6,17)18)8-14(11,12(15)16)13(3,4)5/h9-11H,7-8H2,1-6H3/p+1/t10-,11+,14?/m0/s1. The third kappa shape index (κ3) is 3.15. The summed E-state index contributed by atoms with van der Waals surface area (Å²) in [6, 6.07) is -0.167. The van der Waals surface area contributed by atoms with Crippen molar-refractivity contribution in [3.05, 3.63) is 0 Å². The minimum absolute atomic E-state index is 0.124. The lowest BCUT2D eigenvalue weighted by Crippen LogP contribution is -2.67. The fourth-order valence-electron chi connectivity index (χ4n) is 3.36. The van der Waals surface area contributed by atoms with Gasteiger partial charge in [0.05, 0.1) is 6.26 Å². The Kier molecular flexibility index (Phi) is 4.58. The van der Waals surface area contributed by atoms with Crippen LogP contribution in [0.25, 0.3) is 0 Å². The van der Waals surface area contributed by atoms with Crippen LogP contribution in [0.15, 0.2) is 0 Å². The van der Waals surface area contributed by atoms with Crippen LogP contribution in [0.2, 0.25) is 0 Å². The highest BCUT2D eigenvalue weighted by Crippen LogP contribution is 2.41. The molecule has 1 fully saturated rings. The Balaban J connectivity index is 3.24. The lowest BCUT2D eigenvalue weighted by atomic mass is 9.93. The fraction of sp³-hybridized carbons (Fsp3) is 0.923. The zero-order valence-electron chi connectivity index (χ0n) is 13.1. The Labute approximate surface area is 121 Å². The van der Waals surface area contributed by atoms with Crippen molar-refractivity contribution in [1.82, 2.24) is 0 Å². The molecule has 1 aliphatic rings. The SMILES string of the molecule is CC(C)[C@H]1C[C@H](OS(C)(=O)=O)C[N+]1(C(=O)O)C(C)(C)C. The Morgan fingerprint density at radius 3 is 2.10 bits per heavy atom. The molecule has 1 saturated heterocycles. The van der Waals surface area contributed by atoms with E-state index in [0.717, 1.165) is 6.26 Å². The molecule has 1 N–H and O–H groups in total. The third-order valence-corrected chi connectivity index (χ3v) is 4.80. The molecule has 118 valence electrons. The van der Waals surface area contributed by atoms with E-state index >= 15 is 0 Å².